The van der Waals surface area contributed by atoms with Gasteiger partial charge in [-0.05, 0) is 30.9 Å². The predicted octanol–water partition coefficient (Wildman–Crippen LogP) is 3.00. The Morgan fingerprint density at radius 1 is 1.19 bits per heavy atom. The van der Waals surface area contributed by atoms with Gasteiger partial charge in [-0.2, -0.15) is 13.2 Å². The highest BCUT2D eigenvalue weighted by Crippen LogP contribution is 2.59. The Hall–Kier alpha value is -2.31. The van der Waals surface area contributed by atoms with Gasteiger partial charge in [-0.3, -0.25) is 9.59 Å². The van der Waals surface area contributed by atoms with Crippen molar-refractivity contribution in [3.63, 3.8) is 0 Å². The lowest BCUT2D eigenvalue weighted by atomic mass is 9.94. The second kappa shape index (κ2) is 6.78. The molecule has 2 atom stereocenters. The summed E-state index contributed by atoms with van der Waals surface area (Å²) >= 11 is 0. The van der Waals surface area contributed by atoms with Gasteiger partial charge in [-0.1, -0.05) is 36.9 Å². The third kappa shape index (κ3) is 3.48. The number of hydrogen-bond acceptors (Lipinski definition) is 2. The van der Waals surface area contributed by atoms with Crippen LogP contribution in [0.15, 0.2) is 43.0 Å². The molecule has 26 heavy (non-hydrogen) atoms. The van der Waals surface area contributed by atoms with E-state index in [0.717, 1.165) is 0 Å². The van der Waals surface area contributed by atoms with Gasteiger partial charge >= 0.3 is 6.18 Å². The Bertz CT molecular complexity index is 696. The minimum absolute atomic E-state index is 0.139. The van der Waals surface area contributed by atoms with Crippen molar-refractivity contribution in [2.45, 2.75) is 31.0 Å². The monoisotopic (exact) mass is 366 g/mol. The van der Waals surface area contributed by atoms with Gasteiger partial charge in [0, 0.05) is 19.0 Å². The molecule has 7 heteroatoms. The van der Waals surface area contributed by atoms with Gasteiger partial charge in [0.1, 0.15) is 0 Å². The second-order valence-corrected chi connectivity index (χ2v) is 6.93. The molecule has 0 aromatic heterocycles. The highest BCUT2D eigenvalue weighted by Gasteiger charge is 2.68. The van der Waals surface area contributed by atoms with Crippen LogP contribution in [0, 0.1) is 11.8 Å². The number of halogens is 3. The van der Waals surface area contributed by atoms with E-state index in [1.54, 1.807) is 35.2 Å². The average Bonchev–Trinajstić information content (AvgIpc) is 3.38. The van der Waals surface area contributed by atoms with Gasteiger partial charge in [0.05, 0.1) is 11.5 Å². The van der Waals surface area contributed by atoms with Gasteiger partial charge in [0.15, 0.2) is 0 Å². The van der Waals surface area contributed by atoms with Crippen LogP contribution in [-0.4, -0.2) is 36.0 Å². The molecule has 2 amide bonds. The molecular formula is C19H21F3N2O2. The zero-order valence-corrected chi connectivity index (χ0v) is 14.3. The number of hydrogen-bond donors (Lipinski definition) is 1. The first-order valence-corrected chi connectivity index (χ1v) is 8.63. The number of benzene rings is 1. The molecule has 1 N–H and O–H groups in total. The molecule has 1 heterocycles. The van der Waals surface area contributed by atoms with E-state index < -0.39 is 17.6 Å². The second-order valence-electron chi connectivity index (χ2n) is 6.93. The van der Waals surface area contributed by atoms with Crippen LogP contribution in [0.3, 0.4) is 0 Å². The summed E-state index contributed by atoms with van der Waals surface area (Å²) in [5, 5.41) is 2.69. The van der Waals surface area contributed by atoms with Crippen molar-refractivity contribution in [2.24, 2.45) is 11.8 Å². The third-order valence-electron chi connectivity index (χ3n) is 5.34. The normalized spacial score (nSPS) is 26.3. The Kier molecular flexibility index (Phi) is 4.82. The van der Waals surface area contributed by atoms with Crippen LogP contribution >= 0.6 is 0 Å². The molecule has 2 unspecified atom stereocenters. The summed E-state index contributed by atoms with van der Waals surface area (Å²) < 4.78 is 39.9. The maximum Gasteiger partial charge on any atom is 0.394 e. The minimum Gasteiger partial charge on any atom is -0.346 e. The number of alkyl halides is 3. The number of amides is 2. The molecular weight excluding hydrogens is 345 g/mol. The van der Waals surface area contributed by atoms with Gasteiger partial charge in [0.25, 0.3) is 0 Å². The molecule has 1 saturated carbocycles. The van der Waals surface area contributed by atoms with Crippen LogP contribution in [0.4, 0.5) is 13.2 Å². The first kappa shape index (κ1) is 18.5. The molecule has 1 aliphatic carbocycles. The minimum atomic E-state index is -4.36. The maximum atomic E-state index is 13.3. The Balaban J connectivity index is 1.70. The summed E-state index contributed by atoms with van der Waals surface area (Å²) in [7, 11) is 0. The first-order valence-electron chi connectivity index (χ1n) is 8.63. The zero-order valence-electron chi connectivity index (χ0n) is 14.3. The number of piperidine rings is 1. The molecule has 2 fully saturated rings. The molecule has 140 valence electrons. The van der Waals surface area contributed by atoms with Crippen LogP contribution in [0.5, 0.6) is 0 Å². The Morgan fingerprint density at radius 2 is 1.81 bits per heavy atom. The van der Waals surface area contributed by atoms with E-state index >= 15 is 0 Å². The standard InChI is InChI=1S/C19H21F3N2O2/c1-2-16(25)24-10-8-13(9-11-24)17(26)23-18(12-15(18)19(20,21)22)14-6-4-3-5-7-14/h2-7,13,15H,1,8-12H2,(H,23,26). The lowest BCUT2D eigenvalue weighted by Gasteiger charge is -2.32. The summed E-state index contributed by atoms with van der Waals surface area (Å²) in [5.74, 6) is -2.52. The topological polar surface area (TPSA) is 49.4 Å². The van der Waals surface area contributed by atoms with Crippen LogP contribution in [0.25, 0.3) is 0 Å². The van der Waals surface area contributed by atoms with Crippen molar-refractivity contribution >= 4 is 11.8 Å². The average molecular weight is 366 g/mol. The largest absolute Gasteiger partial charge is 0.394 e. The van der Waals surface area contributed by atoms with Gasteiger partial charge in [-0.25, -0.2) is 0 Å². The third-order valence-corrected chi connectivity index (χ3v) is 5.34. The lowest BCUT2D eigenvalue weighted by Crippen LogP contribution is -2.46. The van der Waals surface area contributed by atoms with Crippen molar-refractivity contribution < 1.29 is 22.8 Å². The number of carbonyl (C=O) groups excluding carboxylic acids is 2. The molecule has 2 aliphatic rings. The lowest BCUT2D eigenvalue weighted by molar-refractivity contribution is -0.155. The van der Waals surface area contributed by atoms with E-state index in [1.165, 1.54) is 6.08 Å². The molecule has 0 bridgehead atoms. The SMILES string of the molecule is C=CC(=O)N1CCC(C(=O)NC2(c3ccccc3)CC2C(F)(F)F)CC1. The summed E-state index contributed by atoms with van der Waals surface area (Å²) in [6.07, 6.45) is -2.40. The van der Waals surface area contributed by atoms with E-state index in [4.69, 9.17) is 0 Å². The molecule has 1 saturated heterocycles. The summed E-state index contributed by atoms with van der Waals surface area (Å²) in [4.78, 5) is 25.8. The summed E-state index contributed by atoms with van der Waals surface area (Å²) in [5.41, 5.74) is -0.889. The Labute approximate surface area is 150 Å². The fourth-order valence-corrected chi connectivity index (χ4v) is 3.74. The van der Waals surface area contributed by atoms with Crippen molar-refractivity contribution in [3.8, 4) is 0 Å². The molecule has 4 nitrogen and oxygen atoms in total. The number of nitrogens with zero attached hydrogens (tertiary/aromatic N) is 1. The van der Waals surface area contributed by atoms with Crippen molar-refractivity contribution in [3.05, 3.63) is 48.6 Å². The first-order chi connectivity index (χ1) is 12.3. The molecule has 1 aromatic carbocycles. The van der Waals surface area contributed by atoms with E-state index in [-0.39, 0.29) is 24.2 Å². The summed E-state index contributed by atoms with van der Waals surface area (Å²) in [6, 6.07) is 8.33. The molecule has 0 spiro atoms. The van der Waals surface area contributed by atoms with E-state index in [0.29, 0.717) is 31.5 Å². The fourth-order valence-electron chi connectivity index (χ4n) is 3.74. The van der Waals surface area contributed by atoms with E-state index in [2.05, 4.69) is 11.9 Å². The smallest absolute Gasteiger partial charge is 0.346 e. The van der Waals surface area contributed by atoms with Gasteiger partial charge in [-0.15, -0.1) is 0 Å². The number of likely N-dealkylation sites (tertiary alicyclic amines) is 1. The predicted molar refractivity (Wildman–Crippen MR) is 89.9 cm³/mol. The highest BCUT2D eigenvalue weighted by atomic mass is 19.4. The maximum absolute atomic E-state index is 13.3. The quantitative estimate of drug-likeness (QED) is 0.833. The molecule has 1 aliphatic heterocycles. The molecule has 3 rings (SSSR count). The fraction of sp³-hybridized carbons (Fsp3) is 0.474. The number of carbonyl (C=O) groups is 2. The van der Waals surface area contributed by atoms with E-state index in [1.807, 2.05) is 0 Å². The van der Waals surface area contributed by atoms with Crippen LogP contribution in [0.1, 0.15) is 24.8 Å². The number of rotatable bonds is 4. The van der Waals surface area contributed by atoms with Crippen LogP contribution in [0.2, 0.25) is 0 Å². The van der Waals surface area contributed by atoms with Gasteiger partial charge in [0.2, 0.25) is 11.8 Å². The van der Waals surface area contributed by atoms with Crippen LogP contribution in [-0.2, 0) is 15.1 Å². The summed E-state index contributed by atoms with van der Waals surface area (Å²) in [6.45, 7) is 4.25. The van der Waals surface area contributed by atoms with Gasteiger partial charge < -0.3 is 10.2 Å². The highest BCUT2D eigenvalue weighted by molar-refractivity contribution is 5.87. The van der Waals surface area contributed by atoms with E-state index in [9.17, 15) is 22.8 Å². The van der Waals surface area contributed by atoms with Crippen molar-refractivity contribution in [1.82, 2.24) is 10.2 Å². The number of nitrogens with one attached hydrogen (secondary N) is 1. The zero-order chi connectivity index (χ0) is 18.9. The Morgan fingerprint density at radius 3 is 2.31 bits per heavy atom. The van der Waals surface area contributed by atoms with Crippen LogP contribution < -0.4 is 5.32 Å². The van der Waals surface area contributed by atoms with Crippen molar-refractivity contribution in [1.29, 1.82) is 0 Å². The molecule has 0 radical (unpaired) electrons. The molecule has 1 aromatic rings. The van der Waals surface area contributed by atoms with Crippen molar-refractivity contribution in [2.75, 3.05) is 13.1 Å².